The molecule has 0 aliphatic carbocycles. The fraction of sp³-hybridized carbons (Fsp3) is 0.111. The van der Waals surface area contributed by atoms with Gasteiger partial charge in [-0.1, -0.05) is 11.2 Å². The van der Waals surface area contributed by atoms with Crippen molar-refractivity contribution < 1.29 is 4.52 Å². The third-order valence-corrected chi connectivity index (χ3v) is 1.96. The smallest absolute Gasteiger partial charge is 0.185 e. The van der Waals surface area contributed by atoms with Gasteiger partial charge in [0.25, 0.3) is 0 Å². The highest BCUT2D eigenvalue weighted by molar-refractivity contribution is 7.79. The molecule has 0 aliphatic rings. The molecule has 0 saturated carbocycles. The standard InChI is InChI=1S/C9H8N2OS/c13-6-7-5-9(12-11-7)8-3-1-2-4-10-8/h1-5,13H,6H2. The summed E-state index contributed by atoms with van der Waals surface area (Å²) in [5.41, 5.74) is 1.62. The lowest BCUT2D eigenvalue weighted by molar-refractivity contribution is 0.425. The summed E-state index contributed by atoms with van der Waals surface area (Å²) >= 11 is 4.09. The zero-order chi connectivity index (χ0) is 9.10. The minimum atomic E-state index is 0.580. The maximum absolute atomic E-state index is 5.08. The Morgan fingerprint density at radius 2 is 2.31 bits per heavy atom. The number of nitrogens with zero attached hydrogens (tertiary/aromatic N) is 2. The van der Waals surface area contributed by atoms with Crippen LogP contribution in [0.15, 0.2) is 35.0 Å². The van der Waals surface area contributed by atoms with Gasteiger partial charge in [0, 0.05) is 18.0 Å². The second kappa shape index (κ2) is 3.62. The molecule has 2 rings (SSSR count). The van der Waals surface area contributed by atoms with Gasteiger partial charge in [-0.25, -0.2) is 0 Å². The topological polar surface area (TPSA) is 38.9 Å². The van der Waals surface area contributed by atoms with E-state index in [0.717, 1.165) is 11.4 Å². The third kappa shape index (κ3) is 1.72. The molecular weight excluding hydrogens is 184 g/mol. The predicted octanol–water partition coefficient (Wildman–Crippen LogP) is 2.17. The third-order valence-electron chi connectivity index (χ3n) is 1.64. The van der Waals surface area contributed by atoms with Crippen molar-refractivity contribution in [2.75, 3.05) is 0 Å². The van der Waals surface area contributed by atoms with Gasteiger partial charge < -0.3 is 4.52 Å². The average Bonchev–Trinajstić information content (AvgIpc) is 2.67. The molecule has 3 nitrogen and oxygen atoms in total. The predicted molar refractivity (Wildman–Crippen MR) is 52.4 cm³/mol. The zero-order valence-corrected chi connectivity index (χ0v) is 7.74. The molecule has 0 radical (unpaired) electrons. The van der Waals surface area contributed by atoms with Gasteiger partial charge in [-0.05, 0) is 12.1 Å². The van der Waals surface area contributed by atoms with Gasteiger partial charge in [0.2, 0.25) is 0 Å². The van der Waals surface area contributed by atoms with E-state index in [4.69, 9.17) is 4.52 Å². The molecule has 0 aromatic carbocycles. The van der Waals surface area contributed by atoms with Crippen LogP contribution >= 0.6 is 12.6 Å². The fourth-order valence-corrected chi connectivity index (χ4v) is 1.16. The molecule has 0 aliphatic heterocycles. The van der Waals surface area contributed by atoms with Crippen LogP contribution in [-0.2, 0) is 5.75 Å². The number of rotatable bonds is 2. The Labute approximate surface area is 81.2 Å². The molecule has 0 saturated heterocycles. The van der Waals surface area contributed by atoms with Gasteiger partial charge in [0.05, 0.1) is 5.69 Å². The number of hydrogen-bond donors (Lipinski definition) is 1. The normalized spacial score (nSPS) is 10.2. The van der Waals surface area contributed by atoms with Crippen molar-refractivity contribution in [3.05, 3.63) is 36.2 Å². The molecule has 0 N–H and O–H groups in total. The van der Waals surface area contributed by atoms with Gasteiger partial charge in [-0.3, -0.25) is 4.98 Å². The van der Waals surface area contributed by atoms with E-state index >= 15 is 0 Å². The summed E-state index contributed by atoms with van der Waals surface area (Å²) in [6.45, 7) is 0. The summed E-state index contributed by atoms with van der Waals surface area (Å²) in [7, 11) is 0. The number of thiol groups is 1. The Bertz CT molecular complexity index is 386. The Morgan fingerprint density at radius 3 is 2.92 bits per heavy atom. The van der Waals surface area contributed by atoms with Gasteiger partial charge in [0.1, 0.15) is 5.69 Å². The lowest BCUT2D eigenvalue weighted by Crippen LogP contribution is -1.77. The number of aromatic nitrogens is 2. The van der Waals surface area contributed by atoms with E-state index in [1.807, 2.05) is 24.3 Å². The lowest BCUT2D eigenvalue weighted by Gasteiger charge is -1.90. The van der Waals surface area contributed by atoms with Gasteiger partial charge in [0.15, 0.2) is 5.76 Å². The van der Waals surface area contributed by atoms with Crippen LogP contribution in [0.25, 0.3) is 11.5 Å². The van der Waals surface area contributed by atoms with Crippen molar-refractivity contribution in [2.24, 2.45) is 0 Å². The zero-order valence-electron chi connectivity index (χ0n) is 6.84. The Balaban J connectivity index is 2.36. The summed E-state index contributed by atoms with van der Waals surface area (Å²) in [6, 6.07) is 7.49. The monoisotopic (exact) mass is 192 g/mol. The highest BCUT2D eigenvalue weighted by atomic mass is 32.1. The van der Waals surface area contributed by atoms with Crippen LogP contribution in [0.3, 0.4) is 0 Å². The summed E-state index contributed by atoms with van der Waals surface area (Å²) in [5, 5.41) is 3.82. The van der Waals surface area contributed by atoms with Crippen LogP contribution in [0.4, 0.5) is 0 Å². The molecule has 0 fully saturated rings. The van der Waals surface area contributed by atoms with Gasteiger partial charge in [-0.15, -0.1) is 0 Å². The van der Waals surface area contributed by atoms with Crippen molar-refractivity contribution in [2.45, 2.75) is 5.75 Å². The van der Waals surface area contributed by atoms with Crippen molar-refractivity contribution in [1.29, 1.82) is 0 Å². The number of pyridine rings is 1. The van der Waals surface area contributed by atoms with E-state index in [1.54, 1.807) is 6.20 Å². The van der Waals surface area contributed by atoms with E-state index in [0.29, 0.717) is 11.5 Å². The van der Waals surface area contributed by atoms with E-state index in [9.17, 15) is 0 Å². The molecule has 2 aromatic rings. The highest BCUT2D eigenvalue weighted by Crippen LogP contribution is 2.17. The SMILES string of the molecule is SCc1cc(-c2ccccn2)on1. The van der Waals surface area contributed by atoms with Crippen LogP contribution in [0.5, 0.6) is 0 Å². The first-order valence-electron chi connectivity index (χ1n) is 3.88. The molecule has 0 bridgehead atoms. The van der Waals surface area contributed by atoms with Crippen LogP contribution < -0.4 is 0 Å². The Kier molecular flexibility index (Phi) is 2.31. The Hall–Kier alpha value is -1.29. The molecular formula is C9H8N2OS. The van der Waals surface area contributed by atoms with E-state index in [-0.39, 0.29) is 0 Å². The second-order valence-corrected chi connectivity index (χ2v) is 2.87. The first-order chi connectivity index (χ1) is 6.40. The molecule has 2 aromatic heterocycles. The maximum Gasteiger partial charge on any atom is 0.185 e. The molecule has 13 heavy (non-hydrogen) atoms. The lowest BCUT2D eigenvalue weighted by atomic mass is 10.3. The largest absolute Gasteiger partial charge is 0.354 e. The van der Waals surface area contributed by atoms with Crippen molar-refractivity contribution in [1.82, 2.24) is 10.1 Å². The van der Waals surface area contributed by atoms with Crippen LogP contribution in [0.2, 0.25) is 0 Å². The van der Waals surface area contributed by atoms with Crippen LogP contribution in [0.1, 0.15) is 5.69 Å². The minimum Gasteiger partial charge on any atom is -0.354 e. The summed E-state index contributed by atoms with van der Waals surface area (Å²) < 4.78 is 5.08. The summed E-state index contributed by atoms with van der Waals surface area (Å²) in [4.78, 5) is 4.14. The fourth-order valence-electron chi connectivity index (χ4n) is 1.02. The van der Waals surface area contributed by atoms with Gasteiger partial charge in [-0.2, -0.15) is 12.6 Å². The van der Waals surface area contributed by atoms with Gasteiger partial charge >= 0.3 is 0 Å². The van der Waals surface area contributed by atoms with Crippen molar-refractivity contribution in [3.8, 4) is 11.5 Å². The van der Waals surface area contributed by atoms with Crippen molar-refractivity contribution >= 4 is 12.6 Å². The van der Waals surface area contributed by atoms with E-state index < -0.39 is 0 Å². The average molecular weight is 192 g/mol. The quantitative estimate of drug-likeness (QED) is 0.741. The first kappa shape index (κ1) is 8.31. The van der Waals surface area contributed by atoms with E-state index in [1.165, 1.54) is 0 Å². The molecule has 2 heterocycles. The molecule has 0 spiro atoms. The van der Waals surface area contributed by atoms with Crippen molar-refractivity contribution in [3.63, 3.8) is 0 Å². The molecule has 66 valence electrons. The van der Waals surface area contributed by atoms with Crippen LogP contribution in [0, 0.1) is 0 Å². The highest BCUT2D eigenvalue weighted by Gasteiger charge is 2.05. The molecule has 0 unspecified atom stereocenters. The Morgan fingerprint density at radius 1 is 1.38 bits per heavy atom. The second-order valence-electron chi connectivity index (χ2n) is 2.56. The molecule has 0 amide bonds. The maximum atomic E-state index is 5.08. The molecule has 4 heteroatoms. The molecule has 0 atom stereocenters. The summed E-state index contributed by atoms with van der Waals surface area (Å²) in [6.07, 6.45) is 1.72. The minimum absolute atomic E-state index is 0.580. The van der Waals surface area contributed by atoms with E-state index in [2.05, 4.69) is 22.8 Å². The first-order valence-corrected chi connectivity index (χ1v) is 4.51. The van der Waals surface area contributed by atoms with Crippen LogP contribution in [-0.4, -0.2) is 10.1 Å². The number of hydrogen-bond acceptors (Lipinski definition) is 4. The summed E-state index contributed by atoms with van der Waals surface area (Å²) in [5.74, 6) is 1.26.